The topological polar surface area (TPSA) is 137 Å². The quantitative estimate of drug-likeness (QED) is 0.367. The van der Waals surface area contributed by atoms with E-state index in [0.29, 0.717) is 25.8 Å². The first-order valence-corrected chi connectivity index (χ1v) is 11.3. The molecule has 1 fully saturated rings. The highest BCUT2D eigenvalue weighted by Crippen LogP contribution is 2.19. The van der Waals surface area contributed by atoms with E-state index in [1.807, 2.05) is 27.7 Å². The zero-order valence-electron chi connectivity index (χ0n) is 20.3. The Bertz CT molecular complexity index is 709. The minimum absolute atomic E-state index is 0.116. The fraction of sp³-hybridized carbons (Fsp3) is 0.773. The third-order valence-electron chi connectivity index (χ3n) is 5.46. The molecular formula is C22H39N5O5. The second-order valence-corrected chi connectivity index (χ2v) is 9.15. The third kappa shape index (κ3) is 7.80. The van der Waals surface area contributed by atoms with Crippen LogP contribution in [0.5, 0.6) is 0 Å². The van der Waals surface area contributed by atoms with Gasteiger partial charge >= 0.3 is 0 Å². The van der Waals surface area contributed by atoms with Crippen LogP contribution in [-0.2, 0) is 24.0 Å². The lowest BCUT2D eigenvalue weighted by atomic mass is 10.0. The largest absolute Gasteiger partial charge is 0.357 e. The van der Waals surface area contributed by atoms with Gasteiger partial charge in [-0.2, -0.15) is 0 Å². The van der Waals surface area contributed by atoms with Gasteiger partial charge in [0.1, 0.15) is 24.2 Å². The van der Waals surface area contributed by atoms with E-state index in [0.717, 1.165) is 0 Å². The molecule has 1 heterocycles. The molecule has 0 bridgehead atoms. The zero-order valence-corrected chi connectivity index (χ0v) is 20.3. The molecule has 0 unspecified atom stereocenters. The van der Waals surface area contributed by atoms with Crippen molar-refractivity contribution in [1.29, 1.82) is 0 Å². The molecule has 1 rings (SSSR count). The van der Waals surface area contributed by atoms with Crippen molar-refractivity contribution in [2.24, 2.45) is 11.8 Å². The second kappa shape index (κ2) is 12.4. The van der Waals surface area contributed by atoms with E-state index in [1.54, 1.807) is 6.92 Å². The Labute approximate surface area is 190 Å². The molecule has 4 atom stereocenters. The molecule has 0 saturated carbocycles. The van der Waals surface area contributed by atoms with Crippen molar-refractivity contribution < 1.29 is 24.0 Å². The van der Waals surface area contributed by atoms with Crippen molar-refractivity contribution >= 4 is 29.5 Å². The number of likely N-dealkylation sites (N-methyl/N-ethyl adjacent to an activating group) is 1. The van der Waals surface area contributed by atoms with Crippen LogP contribution >= 0.6 is 0 Å². The van der Waals surface area contributed by atoms with Crippen LogP contribution in [0.2, 0.25) is 0 Å². The van der Waals surface area contributed by atoms with Crippen LogP contribution in [0.3, 0.4) is 0 Å². The molecule has 1 aliphatic rings. The maximum Gasteiger partial charge on any atom is 0.245 e. The van der Waals surface area contributed by atoms with Crippen molar-refractivity contribution in [3.63, 3.8) is 0 Å². The standard InChI is InChI=1S/C22H39N5O5/c1-12(2)11-16(25-15(6)28)19(29)24-14(5)22(32)27-10-8-9-17(27)20(30)26-18(13(3)4)21(31)23-7/h12-14,16-18H,8-11H2,1-7H3,(H,23,31)(H,24,29)(H,25,28)(H,26,30)/t14-,16-,17-,18-/m0/s1. The van der Waals surface area contributed by atoms with Gasteiger partial charge in [-0.3, -0.25) is 24.0 Å². The van der Waals surface area contributed by atoms with Gasteiger partial charge < -0.3 is 26.2 Å². The van der Waals surface area contributed by atoms with Gasteiger partial charge in [-0.05, 0) is 38.0 Å². The van der Waals surface area contributed by atoms with Crippen LogP contribution in [0, 0.1) is 11.8 Å². The zero-order chi connectivity index (χ0) is 24.6. The summed E-state index contributed by atoms with van der Waals surface area (Å²) < 4.78 is 0. The van der Waals surface area contributed by atoms with Crippen LogP contribution in [0.4, 0.5) is 0 Å². The van der Waals surface area contributed by atoms with Gasteiger partial charge in [-0.1, -0.05) is 27.7 Å². The fourth-order valence-corrected chi connectivity index (χ4v) is 3.82. The summed E-state index contributed by atoms with van der Waals surface area (Å²) in [7, 11) is 1.51. The molecule has 1 aliphatic heterocycles. The SMILES string of the molecule is CNC(=O)[C@@H](NC(=O)[C@@H]1CCCN1C(=O)[C@H](C)NC(=O)[C@H](CC(C)C)NC(C)=O)C(C)C. The van der Waals surface area contributed by atoms with Gasteiger partial charge in [-0.25, -0.2) is 0 Å². The molecule has 32 heavy (non-hydrogen) atoms. The monoisotopic (exact) mass is 453 g/mol. The van der Waals surface area contributed by atoms with Crippen molar-refractivity contribution in [3.8, 4) is 0 Å². The molecule has 0 spiro atoms. The second-order valence-electron chi connectivity index (χ2n) is 9.15. The summed E-state index contributed by atoms with van der Waals surface area (Å²) in [6.07, 6.45) is 1.58. The number of likely N-dealkylation sites (tertiary alicyclic amines) is 1. The summed E-state index contributed by atoms with van der Waals surface area (Å²) in [5.74, 6) is -1.75. The molecule has 0 radical (unpaired) electrons. The predicted octanol–water partition coefficient (Wildman–Crippen LogP) is -0.0803. The Morgan fingerprint density at radius 1 is 0.938 bits per heavy atom. The van der Waals surface area contributed by atoms with Gasteiger partial charge in [0.05, 0.1) is 0 Å². The highest BCUT2D eigenvalue weighted by molar-refractivity contribution is 5.95. The molecule has 10 heteroatoms. The maximum absolute atomic E-state index is 13.0. The Morgan fingerprint density at radius 2 is 1.56 bits per heavy atom. The normalized spacial score (nSPS) is 18.7. The lowest BCUT2D eigenvalue weighted by Crippen LogP contribution is -2.57. The number of amides is 5. The first kappa shape index (κ1) is 27.4. The van der Waals surface area contributed by atoms with E-state index in [9.17, 15) is 24.0 Å². The molecule has 10 nitrogen and oxygen atoms in total. The highest BCUT2D eigenvalue weighted by Gasteiger charge is 2.38. The first-order valence-electron chi connectivity index (χ1n) is 11.3. The summed E-state index contributed by atoms with van der Waals surface area (Å²) in [6, 6.07) is -3.00. The van der Waals surface area contributed by atoms with Crippen LogP contribution in [0.25, 0.3) is 0 Å². The summed E-state index contributed by atoms with van der Waals surface area (Å²) in [5, 5.41) is 10.6. The lowest BCUT2D eigenvalue weighted by molar-refractivity contribution is -0.142. The number of hydrogen-bond donors (Lipinski definition) is 4. The van der Waals surface area contributed by atoms with Crippen LogP contribution in [0.15, 0.2) is 0 Å². The number of rotatable bonds is 10. The molecule has 0 aromatic carbocycles. The van der Waals surface area contributed by atoms with E-state index in [-0.39, 0.29) is 35.5 Å². The number of carbonyl (C=O) groups is 5. The van der Waals surface area contributed by atoms with Gasteiger partial charge in [0.25, 0.3) is 0 Å². The maximum atomic E-state index is 13.0. The van der Waals surface area contributed by atoms with E-state index in [1.165, 1.54) is 18.9 Å². The van der Waals surface area contributed by atoms with E-state index >= 15 is 0 Å². The smallest absolute Gasteiger partial charge is 0.245 e. The number of nitrogens with zero attached hydrogens (tertiary/aromatic N) is 1. The number of hydrogen-bond acceptors (Lipinski definition) is 5. The van der Waals surface area contributed by atoms with Crippen LogP contribution in [0.1, 0.15) is 60.8 Å². The summed E-state index contributed by atoms with van der Waals surface area (Å²) in [5.41, 5.74) is 0. The van der Waals surface area contributed by atoms with Crippen molar-refractivity contribution in [2.75, 3.05) is 13.6 Å². The molecule has 5 amide bonds. The lowest BCUT2D eigenvalue weighted by Gasteiger charge is -2.30. The van der Waals surface area contributed by atoms with E-state index in [4.69, 9.17) is 0 Å². The Kier molecular flexibility index (Phi) is 10.6. The Hall–Kier alpha value is -2.65. The predicted molar refractivity (Wildman–Crippen MR) is 120 cm³/mol. The molecule has 0 aliphatic carbocycles. The van der Waals surface area contributed by atoms with E-state index in [2.05, 4.69) is 21.3 Å². The van der Waals surface area contributed by atoms with Gasteiger partial charge in [0.15, 0.2) is 0 Å². The number of nitrogens with one attached hydrogen (secondary N) is 4. The summed E-state index contributed by atoms with van der Waals surface area (Å²) in [6.45, 7) is 10.8. The van der Waals surface area contributed by atoms with Crippen LogP contribution < -0.4 is 21.3 Å². The third-order valence-corrected chi connectivity index (χ3v) is 5.46. The van der Waals surface area contributed by atoms with E-state index < -0.39 is 30.1 Å². The average Bonchev–Trinajstić information content (AvgIpc) is 3.19. The molecular weight excluding hydrogens is 414 g/mol. The number of carbonyl (C=O) groups excluding carboxylic acids is 5. The van der Waals surface area contributed by atoms with Crippen molar-refractivity contribution in [3.05, 3.63) is 0 Å². The van der Waals surface area contributed by atoms with Crippen molar-refractivity contribution in [1.82, 2.24) is 26.2 Å². The molecule has 0 aromatic heterocycles. The van der Waals surface area contributed by atoms with Gasteiger partial charge in [0.2, 0.25) is 29.5 Å². The fourth-order valence-electron chi connectivity index (χ4n) is 3.82. The average molecular weight is 454 g/mol. The van der Waals surface area contributed by atoms with Gasteiger partial charge in [0, 0.05) is 20.5 Å². The van der Waals surface area contributed by atoms with Crippen molar-refractivity contribution in [2.45, 2.75) is 85.0 Å². The minimum atomic E-state index is -0.862. The Morgan fingerprint density at radius 3 is 2.06 bits per heavy atom. The van der Waals surface area contributed by atoms with Gasteiger partial charge in [-0.15, -0.1) is 0 Å². The molecule has 182 valence electrons. The Balaban J connectivity index is 2.84. The summed E-state index contributed by atoms with van der Waals surface area (Å²) in [4.78, 5) is 63.6. The molecule has 1 saturated heterocycles. The molecule has 4 N–H and O–H groups in total. The highest BCUT2D eigenvalue weighted by atomic mass is 16.2. The minimum Gasteiger partial charge on any atom is -0.357 e. The molecule has 0 aromatic rings. The van der Waals surface area contributed by atoms with Crippen LogP contribution in [-0.4, -0.2) is 72.2 Å². The summed E-state index contributed by atoms with van der Waals surface area (Å²) >= 11 is 0. The first-order chi connectivity index (χ1) is 14.9.